The lowest BCUT2D eigenvalue weighted by atomic mass is 9.73. The number of hydrogen-bond donors (Lipinski definition) is 1. The van der Waals surface area contributed by atoms with E-state index in [0.717, 1.165) is 19.3 Å². The highest BCUT2D eigenvalue weighted by Crippen LogP contribution is 2.53. The van der Waals surface area contributed by atoms with Gasteiger partial charge in [0, 0.05) is 4.75 Å². The molecule has 0 unspecified atom stereocenters. The van der Waals surface area contributed by atoms with E-state index in [-0.39, 0.29) is 4.75 Å². The standard InChI is InChI=1S/C11H20O2S/c1-5-8-6-11(7-8,9(12)13)14-10(2,3)4/h8H,5-7H2,1-4H3,(H,12,13). The summed E-state index contributed by atoms with van der Waals surface area (Å²) in [5.74, 6) is 0.00285. The summed E-state index contributed by atoms with van der Waals surface area (Å²) in [5, 5.41) is 9.24. The second-order valence-corrected chi connectivity index (χ2v) is 7.41. The van der Waals surface area contributed by atoms with Crippen LogP contribution in [0.4, 0.5) is 0 Å². The maximum atomic E-state index is 11.2. The molecule has 14 heavy (non-hydrogen) atoms. The summed E-state index contributed by atoms with van der Waals surface area (Å²) in [6, 6.07) is 0. The van der Waals surface area contributed by atoms with E-state index in [1.54, 1.807) is 11.8 Å². The van der Waals surface area contributed by atoms with Crippen molar-refractivity contribution in [3.63, 3.8) is 0 Å². The molecule has 0 heterocycles. The molecule has 1 aliphatic carbocycles. The van der Waals surface area contributed by atoms with Gasteiger partial charge in [0.05, 0.1) is 0 Å². The van der Waals surface area contributed by atoms with E-state index >= 15 is 0 Å². The average molecular weight is 216 g/mol. The minimum absolute atomic E-state index is 0.0388. The third-order valence-electron chi connectivity index (χ3n) is 2.71. The highest BCUT2D eigenvalue weighted by atomic mass is 32.2. The predicted octanol–water partition coefficient (Wildman–Crippen LogP) is 3.16. The van der Waals surface area contributed by atoms with Crippen molar-refractivity contribution in [3.8, 4) is 0 Å². The van der Waals surface area contributed by atoms with Gasteiger partial charge in [-0.1, -0.05) is 34.1 Å². The molecule has 1 rings (SSSR count). The van der Waals surface area contributed by atoms with Crippen molar-refractivity contribution in [1.29, 1.82) is 0 Å². The van der Waals surface area contributed by atoms with Crippen LogP contribution in [0.1, 0.15) is 47.0 Å². The van der Waals surface area contributed by atoms with Crippen LogP contribution in [0.5, 0.6) is 0 Å². The van der Waals surface area contributed by atoms with E-state index in [1.807, 2.05) is 0 Å². The van der Waals surface area contributed by atoms with E-state index in [4.69, 9.17) is 0 Å². The van der Waals surface area contributed by atoms with E-state index in [9.17, 15) is 9.90 Å². The molecule has 0 aliphatic heterocycles. The van der Waals surface area contributed by atoms with Crippen LogP contribution in [0.15, 0.2) is 0 Å². The van der Waals surface area contributed by atoms with Crippen LogP contribution in [0.2, 0.25) is 0 Å². The molecule has 0 aromatic carbocycles. The lowest BCUT2D eigenvalue weighted by Crippen LogP contribution is -2.49. The molecular formula is C11H20O2S. The maximum Gasteiger partial charge on any atom is 0.319 e. The first-order valence-corrected chi connectivity index (χ1v) is 6.04. The average Bonchev–Trinajstić information content (AvgIpc) is 1.93. The Morgan fingerprint density at radius 1 is 1.50 bits per heavy atom. The molecule has 1 N–H and O–H groups in total. The zero-order chi connectivity index (χ0) is 11.0. The highest BCUT2D eigenvalue weighted by molar-refractivity contribution is 8.02. The van der Waals surface area contributed by atoms with E-state index in [0.29, 0.717) is 5.92 Å². The topological polar surface area (TPSA) is 37.3 Å². The van der Waals surface area contributed by atoms with E-state index in [2.05, 4.69) is 27.7 Å². The SMILES string of the molecule is CCC1CC(SC(C)(C)C)(C(=O)O)C1. The first-order chi connectivity index (χ1) is 6.29. The molecule has 1 aliphatic rings. The minimum atomic E-state index is -0.623. The fourth-order valence-corrected chi connectivity index (χ4v) is 3.95. The summed E-state index contributed by atoms with van der Waals surface area (Å²) in [7, 11) is 0. The smallest absolute Gasteiger partial charge is 0.319 e. The largest absolute Gasteiger partial charge is 0.480 e. The van der Waals surface area contributed by atoms with Crippen LogP contribution in [-0.4, -0.2) is 20.6 Å². The Kier molecular flexibility index (Phi) is 3.20. The van der Waals surface area contributed by atoms with Gasteiger partial charge in [-0.15, -0.1) is 11.8 Å². The number of hydrogen-bond acceptors (Lipinski definition) is 2. The third kappa shape index (κ3) is 2.44. The van der Waals surface area contributed by atoms with E-state index < -0.39 is 10.7 Å². The Bertz CT molecular complexity index is 224. The van der Waals surface area contributed by atoms with Crippen molar-refractivity contribution in [2.45, 2.75) is 56.5 Å². The number of thioether (sulfide) groups is 1. The van der Waals surface area contributed by atoms with Crippen LogP contribution >= 0.6 is 11.8 Å². The number of carboxylic acids is 1. The van der Waals surface area contributed by atoms with Crippen molar-refractivity contribution in [2.75, 3.05) is 0 Å². The monoisotopic (exact) mass is 216 g/mol. The molecule has 0 radical (unpaired) electrons. The van der Waals surface area contributed by atoms with Crippen LogP contribution in [-0.2, 0) is 4.79 Å². The summed E-state index contributed by atoms with van der Waals surface area (Å²) in [6.45, 7) is 8.39. The Balaban J connectivity index is 2.64. The molecule has 82 valence electrons. The molecule has 0 aromatic heterocycles. The molecule has 1 fully saturated rings. The first-order valence-electron chi connectivity index (χ1n) is 5.22. The van der Waals surface area contributed by atoms with Gasteiger partial charge in [-0.25, -0.2) is 0 Å². The van der Waals surface area contributed by atoms with Gasteiger partial charge in [-0.05, 0) is 18.8 Å². The summed E-state index contributed by atoms with van der Waals surface area (Å²) in [5.41, 5.74) is 0. The summed E-state index contributed by atoms with van der Waals surface area (Å²) in [6.07, 6.45) is 2.81. The van der Waals surface area contributed by atoms with Crippen LogP contribution < -0.4 is 0 Å². The van der Waals surface area contributed by atoms with Gasteiger partial charge in [0.2, 0.25) is 0 Å². The first kappa shape index (κ1) is 11.9. The number of rotatable bonds is 3. The Morgan fingerprint density at radius 2 is 2.00 bits per heavy atom. The molecule has 0 atom stereocenters. The molecule has 0 saturated heterocycles. The lowest BCUT2D eigenvalue weighted by molar-refractivity contribution is -0.143. The molecule has 0 aromatic rings. The van der Waals surface area contributed by atoms with Crippen LogP contribution in [0.25, 0.3) is 0 Å². The Hall–Kier alpha value is -0.180. The fraction of sp³-hybridized carbons (Fsp3) is 0.909. The maximum absolute atomic E-state index is 11.2. The molecule has 0 amide bonds. The number of carboxylic acid groups (broad SMARTS) is 1. The molecular weight excluding hydrogens is 196 g/mol. The molecule has 3 heteroatoms. The predicted molar refractivity (Wildman–Crippen MR) is 60.7 cm³/mol. The minimum Gasteiger partial charge on any atom is -0.480 e. The Morgan fingerprint density at radius 3 is 2.29 bits per heavy atom. The van der Waals surface area contributed by atoms with Crippen LogP contribution in [0, 0.1) is 5.92 Å². The van der Waals surface area contributed by atoms with Crippen molar-refractivity contribution in [2.24, 2.45) is 5.92 Å². The van der Waals surface area contributed by atoms with Crippen molar-refractivity contribution in [3.05, 3.63) is 0 Å². The molecule has 2 nitrogen and oxygen atoms in total. The van der Waals surface area contributed by atoms with Gasteiger partial charge in [0.1, 0.15) is 4.75 Å². The van der Waals surface area contributed by atoms with E-state index in [1.165, 1.54) is 0 Å². The van der Waals surface area contributed by atoms with Gasteiger partial charge in [0.15, 0.2) is 0 Å². The van der Waals surface area contributed by atoms with Gasteiger partial charge in [-0.3, -0.25) is 4.79 Å². The fourth-order valence-electron chi connectivity index (χ4n) is 2.05. The van der Waals surface area contributed by atoms with Gasteiger partial charge in [0.25, 0.3) is 0 Å². The van der Waals surface area contributed by atoms with Gasteiger partial charge in [-0.2, -0.15) is 0 Å². The van der Waals surface area contributed by atoms with Crippen molar-refractivity contribution in [1.82, 2.24) is 0 Å². The molecule has 0 spiro atoms. The zero-order valence-corrected chi connectivity index (χ0v) is 10.3. The summed E-state index contributed by atoms with van der Waals surface area (Å²) < 4.78 is -0.448. The highest BCUT2D eigenvalue weighted by Gasteiger charge is 2.52. The summed E-state index contributed by atoms with van der Waals surface area (Å²) in [4.78, 5) is 11.2. The zero-order valence-electron chi connectivity index (χ0n) is 9.46. The lowest BCUT2D eigenvalue weighted by Gasteiger charge is -2.46. The number of carbonyl (C=O) groups is 1. The van der Waals surface area contributed by atoms with Crippen molar-refractivity contribution < 1.29 is 9.90 Å². The van der Waals surface area contributed by atoms with Crippen molar-refractivity contribution >= 4 is 17.7 Å². The quantitative estimate of drug-likeness (QED) is 0.787. The van der Waals surface area contributed by atoms with Gasteiger partial charge < -0.3 is 5.11 Å². The van der Waals surface area contributed by atoms with Crippen LogP contribution in [0.3, 0.4) is 0 Å². The number of aliphatic carboxylic acids is 1. The normalized spacial score (nSPS) is 32.4. The Labute approximate surface area is 90.5 Å². The summed E-state index contributed by atoms with van der Waals surface area (Å²) >= 11 is 1.62. The molecule has 0 bridgehead atoms. The third-order valence-corrected chi connectivity index (χ3v) is 4.22. The second kappa shape index (κ2) is 3.76. The second-order valence-electron chi connectivity index (χ2n) is 5.20. The molecule has 1 saturated carbocycles. The van der Waals surface area contributed by atoms with Gasteiger partial charge >= 0.3 is 5.97 Å².